The Morgan fingerprint density at radius 2 is 2.08 bits per heavy atom. The number of guanidine groups is 1. The molecule has 1 saturated heterocycles. The number of rotatable bonds is 7. The van der Waals surface area contributed by atoms with Crippen molar-refractivity contribution in [2.45, 2.75) is 33.2 Å². The molecule has 6 heteroatoms. The van der Waals surface area contributed by atoms with Crippen LogP contribution in [0.2, 0.25) is 5.02 Å². The second-order valence-corrected chi connectivity index (χ2v) is 6.53. The van der Waals surface area contributed by atoms with Crippen LogP contribution in [0, 0.1) is 5.92 Å². The molecule has 1 aliphatic heterocycles. The molecule has 2 N–H and O–H groups in total. The molecular weight excluding hydrogens is 435 g/mol. The van der Waals surface area contributed by atoms with Crippen LogP contribution in [0.1, 0.15) is 32.3 Å². The molecule has 0 radical (unpaired) electrons. The number of hydrogen-bond donors (Lipinski definition) is 2. The molecule has 0 aliphatic carbocycles. The summed E-state index contributed by atoms with van der Waals surface area (Å²) in [5, 5.41) is 7.57. The van der Waals surface area contributed by atoms with Gasteiger partial charge in [-0.25, -0.2) is 4.99 Å². The second-order valence-electron chi connectivity index (χ2n) is 6.12. The average Bonchev–Trinajstić information content (AvgIpc) is 2.99. The average molecular weight is 465 g/mol. The van der Waals surface area contributed by atoms with Crippen LogP contribution in [0.3, 0.4) is 0 Å². The van der Waals surface area contributed by atoms with Gasteiger partial charge in [0, 0.05) is 24.7 Å². The van der Waals surface area contributed by atoms with Crippen LogP contribution in [-0.4, -0.2) is 43.6 Å². The lowest BCUT2D eigenvalue weighted by atomic mass is 10.1. The Morgan fingerprint density at radius 1 is 1.29 bits per heavy atom. The Bertz CT molecular complexity index is 510. The summed E-state index contributed by atoms with van der Waals surface area (Å²) in [6.45, 7) is 10.4. The molecular formula is C18H30ClIN4. The molecule has 1 fully saturated rings. The molecule has 24 heavy (non-hydrogen) atoms. The molecule has 1 atom stereocenters. The maximum atomic E-state index is 6.20. The first kappa shape index (κ1) is 21.5. The van der Waals surface area contributed by atoms with E-state index in [1.54, 1.807) is 0 Å². The van der Waals surface area contributed by atoms with Crippen molar-refractivity contribution in [2.24, 2.45) is 10.9 Å². The second kappa shape index (κ2) is 11.9. The van der Waals surface area contributed by atoms with E-state index in [1.165, 1.54) is 32.5 Å². The van der Waals surface area contributed by atoms with Gasteiger partial charge in [0.05, 0.1) is 6.54 Å². The standard InChI is InChI=1S/C18H29ClN4.HI/c1-3-10-23-11-9-15(14-23)12-21-18(20-4-2)22-13-16-7-5-6-8-17(16)19;/h5-8,15H,3-4,9-14H2,1-2H3,(H2,20,21,22);1H. The van der Waals surface area contributed by atoms with Crippen molar-refractivity contribution in [2.75, 3.05) is 32.7 Å². The summed E-state index contributed by atoms with van der Waals surface area (Å²) in [6.07, 6.45) is 2.51. The van der Waals surface area contributed by atoms with Gasteiger partial charge in [0.2, 0.25) is 0 Å². The molecule has 1 aliphatic rings. The van der Waals surface area contributed by atoms with Crippen molar-refractivity contribution >= 4 is 41.5 Å². The lowest BCUT2D eigenvalue weighted by molar-refractivity contribution is 0.324. The van der Waals surface area contributed by atoms with Crippen LogP contribution in [0.5, 0.6) is 0 Å². The topological polar surface area (TPSA) is 39.7 Å². The van der Waals surface area contributed by atoms with Gasteiger partial charge in [-0.15, -0.1) is 24.0 Å². The first-order valence-corrected chi connectivity index (χ1v) is 9.08. The number of likely N-dealkylation sites (tertiary alicyclic amines) is 1. The van der Waals surface area contributed by atoms with Crippen LogP contribution < -0.4 is 10.6 Å². The Labute approximate surface area is 168 Å². The van der Waals surface area contributed by atoms with E-state index in [1.807, 2.05) is 24.3 Å². The maximum Gasteiger partial charge on any atom is 0.191 e. The van der Waals surface area contributed by atoms with Crippen LogP contribution >= 0.6 is 35.6 Å². The summed E-state index contributed by atoms with van der Waals surface area (Å²) < 4.78 is 0. The van der Waals surface area contributed by atoms with Crippen molar-refractivity contribution in [1.29, 1.82) is 0 Å². The third-order valence-electron chi connectivity index (χ3n) is 4.18. The molecule has 136 valence electrons. The summed E-state index contributed by atoms with van der Waals surface area (Å²) >= 11 is 6.20. The summed E-state index contributed by atoms with van der Waals surface area (Å²) in [6, 6.07) is 7.88. The number of halogens is 2. The smallest absolute Gasteiger partial charge is 0.191 e. The van der Waals surface area contributed by atoms with Gasteiger partial charge in [-0.2, -0.15) is 0 Å². The molecule has 0 bridgehead atoms. The zero-order valence-electron chi connectivity index (χ0n) is 14.7. The number of nitrogens with zero attached hydrogens (tertiary/aromatic N) is 2. The van der Waals surface area contributed by atoms with Crippen molar-refractivity contribution < 1.29 is 0 Å². The molecule has 2 rings (SSSR count). The van der Waals surface area contributed by atoms with Gasteiger partial charge in [0.25, 0.3) is 0 Å². The Hall–Kier alpha value is -0.530. The zero-order chi connectivity index (χ0) is 16.5. The minimum absolute atomic E-state index is 0. The highest BCUT2D eigenvalue weighted by atomic mass is 127. The lowest BCUT2D eigenvalue weighted by Gasteiger charge is -2.17. The first-order valence-electron chi connectivity index (χ1n) is 8.70. The van der Waals surface area contributed by atoms with Gasteiger partial charge < -0.3 is 15.5 Å². The van der Waals surface area contributed by atoms with Gasteiger partial charge in [0.15, 0.2) is 5.96 Å². The quantitative estimate of drug-likeness (QED) is 0.367. The van der Waals surface area contributed by atoms with Gasteiger partial charge >= 0.3 is 0 Å². The van der Waals surface area contributed by atoms with Crippen molar-refractivity contribution in [3.05, 3.63) is 34.9 Å². The molecule has 1 aromatic carbocycles. The van der Waals surface area contributed by atoms with E-state index in [4.69, 9.17) is 11.6 Å². The molecule has 1 unspecified atom stereocenters. The minimum Gasteiger partial charge on any atom is -0.357 e. The van der Waals surface area contributed by atoms with E-state index >= 15 is 0 Å². The SMILES string of the molecule is CCCN1CCC(CNC(=NCc2ccccc2Cl)NCC)C1.I. The maximum absolute atomic E-state index is 6.20. The van der Waals surface area contributed by atoms with Gasteiger partial charge in [-0.05, 0) is 50.4 Å². The normalized spacial score (nSPS) is 18.3. The lowest BCUT2D eigenvalue weighted by Crippen LogP contribution is -2.40. The van der Waals surface area contributed by atoms with E-state index in [2.05, 4.69) is 34.4 Å². The molecule has 0 saturated carbocycles. The van der Waals surface area contributed by atoms with Gasteiger partial charge in [0.1, 0.15) is 0 Å². The molecule has 0 amide bonds. The third-order valence-corrected chi connectivity index (χ3v) is 4.55. The van der Waals surface area contributed by atoms with Crippen molar-refractivity contribution in [3.8, 4) is 0 Å². The van der Waals surface area contributed by atoms with Crippen molar-refractivity contribution in [3.63, 3.8) is 0 Å². The molecule has 1 heterocycles. The van der Waals surface area contributed by atoms with Crippen LogP contribution in [0.15, 0.2) is 29.3 Å². The fourth-order valence-electron chi connectivity index (χ4n) is 2.97. The highest BCUT2D eigenvalue weighted by molar-refractivity contribution is 14.0. The Kier molecular flexibility index (Phi) is 10.7. The largest absolute Gasteiger partial charge is 0.357 e. The summed E-state index contributed by atoms with van der Waals surface area (Å²) in [7, 11) is 0. The first-order chi connectivity index (χ1) is 11.2. The Morgan fingerprint density at radius 3 is 2.79 bits per heavy atom. The molecule has 0 aromatic heterocycles. The molecule has 4 nitrogen and oxygen atoms in total. The zero-order valence-corrected chi connectivity index (χ0v) is 17.8. The summed E-state index contributed by atoms with van der Waals surface area (Å²) in [5.41, 5.74) is 1.06. The predicted molar refractivity (Wildman–Crippen MR) is 115 cm³/mol. The van der Waals surface area contributed by atoms with E-state index in [0.717, 1.165) is 29.6 Å². The highest BCUT2D eigenvalue weighted by Crippen LogP contribution is 2.16. The third kappa shape index (κ3) is 7.15. The predicted octanol–water partition coefficient (Wildman–Crippen LogP) is 3.75. The van der Waals surface area contributed by atoms with Crippen LogP contribution in [0.4, 0.5) is 0 Å². The number of benzene rings is 1. The van der Waals surface area contributed by atoms with Crippen molar-refractivity contribution in [1.82, 2.24) is 15.5 Å². The Balaban J connectivity index is 0.00000288. The number of aliphatic imine (C=N–C) groups is 1. The van der Waals surface area contributed by atoms with Gasteiger partial charge in [-0.1, -0.05) is 36.7 Å². The fourth-order valence-corrected chi connectivity index (χ4v) is 3.17. The van der Waals surface area contributed by atoms with E-state index in [-0.39, 0.29) is 24.0 Å². The monoisotopic (exact) mass is 464 g/mol. The minimum atomic E-state index is 0. The van der Waals surface area contributed by atoms with Crippen LogP contribution in [0.25, 0.3) is 0 Å². The van der Waals surface area contributed by atoms with Crippen LogP contribution in [-0.2, 0) is 6.54 Å². The highest BCUT2D eigenvalue weighted by Gasteiger charge is 2.21. The van der Waals surface area contributed by atoms with E-state index in [0.29, 0.717) is 12.5 Å². The number of nitrogens with one attached hydrogen (secondary N) is 2. The van der Waals surface area contributed by atoms with Gasteiger partial charge in [-0.3, -0.25) is 0 Å². The summed E-state index contributed by atoms with van der Waals surface area (Å²) in [4.78, 5) is 7.21. The fraction of sp³-hybridized carbons (Fsp3) is 0.611. The molecule has 0 spiro atoms. The van der Waals surface area contributed by atoms with E-state index in [9.17, 15) is 0 Å². The molecule has 1 aromatic rings. The summed E-state index contributed by atoms with van der Waals surface area (Å²) in [5.74, 6) is 1.59. The number of hydrogen-bond acceptors (Lipinski definition) is 2. The van der Waals surface area contributed by atoms with E-state index < -0.39 is 0 Å².